The van der Waals surface area contributed by atoms with E-state index in [0.29, 0.717) is 19.4 Å². The summed E-state index contributed by atoms with van der Waals surface area (Å²) in [5.74, 6) is -0.0794. The second kappa shape index (κ2) is 5.06. The summed E-state index contributed by atoms with van der Waals surface area (Å²) in [6.45, 7) is 7.37. The van der Waals surface area contributed by atoms with Crippen molar-refractivity contribution in [2.75, 3.05) is 6.61 Å². The van der Waals surface area contributed by atoms with E-state index in [1.54, 1.807) is 13.0 Å². The number of hydrogen-bond acceptors (Lipinski definition) is 3. The normalized spacial score (nSPS) is 15.2. The molecule has 0 spiro atoms. The molecule has 70 valence electrons. The van der Waals surface area contributed by atoms with E-state index in [1.165, 1.54) is 0 Å². The van der Waals surface area contributed by atoms with E-state index in [4.69, 9.17) is 10.5 Å². The van der Waals surface area contributed by atoms with Gasteiger partial charge in [-0.1, -0.05) is 6.08 Å². The maximum Gasteiger partial charge on any atom is 0.179 e. The van der Waals surface area contributed by atoms with Gasteiger partial charge in [-0.25, -0.2) is 0 Å². The van der Waals surface area contributed by atoms with Gasteiger partial charge in [-0.2, -0.15) is 0 Å². The van der Waals surface area contributed by atoms with Gasteiger partial charge in [0.25, 0.3) is 0 Å². The topological polar surface area (TPSA) is 52.3 Å². The molecule has 0 aromatic rings. The Morgan fingerprint density at radius 1 is 1.75 bits per heavy atom. The van der Waals surface area contributed by atoms with Crippen molar-refractivity contribution in [2.45, 2.75) is 32.4 Å². The number of rotatable bonds is 6. The van der Waals surface area contributed by atoms with E-state index >= 15 is 0 Å². The second-order valence-electron chi connectivity index (χ2n) is 2.79. The molecule has 0 fully saturated rings. The Labute approximate surface area is 73.6 Å². The standard InChI is InChI=1S/C9H17NO2/c1-4-6-7-8(11)9(3,10)12-5-2/h4H,1,5-7,10H2,2-3H3. The molecule has 0 amide bonds. The molecule has 0 heterocycles. The molecule has 0 saturated carbocycles. The Morgan fingerprint density at radius 2 is 2.33 bits per heavy atom. The third kappa shape index (κ3) is 3.64. The van der Waals surface area contributed by atoms with Gasteiger partial charge in [-0.3, -0.25) is 10.5 Å². The van der Waals surface area contributed by atoms with Gasteiger partial charge >= 0.3 is 0 Å². The van der Waals surface area contributed by atoms with Crippen LogP contribution in [0.5, 0.6) is 0 Å². The molecular formula is C9H17NO2. The average molecular weight is 171 g/mol. The van der Waals surface area contributed by atoms with Crippen molar-refractivity contribution in [2.24, 2.45) is 5.73 Å². The van der Waals surface area contributed by atoms with Gasteiger partial charge in [-0.05, 0) is 20.3 Å². The minimum atomic E-state index is -1.13. The maximum absolute atomic E-state index is 11.3. The number of hydrogen-bond donors (Lipinski definition) is 1. The van der Waals surface area contributed by atoms with Gasteiger partial charge in [0, 0.05) is 13.0 Å². The van der Waals surface area contributed by atoms with Crippen LogP contribution in [0.2, 0.25) is 0 Å². The zero-order chi connectivity index (χ0) is 9.61. The van der Waals surface area contributed by atoms with Gasteiger partial charge < -0.3 is 4.74 Å². The molecule has 3 heteroatoms. The smallest absolute Gasteiger partial charge is 0.179 e. The molecule has 0 saturated heterocycles. The summed E-state index contributed by atoms with van der Waals surface area (Å²) < 4.78 is 5.08. The van der Waals surface area contributed by atoms with Crippen LogP contribution in [0, 0.1) is 0 Å². The van der Waals surface area contributed by atoms with Gasteiger partial charge in [-0.15, -0.1) is 6.58 Å². The first kappa shape index (κ1) is 11.3. The molecule has 0 aromatic heterocycles. The minimum Gasteiger partial charge on any atom is -0.354 e. The van der Waals surface area contributed by atoms with Crippen molar-refractivity contribution in [3.8, 4) is 0 Å². The van der Waals surface area contributed by atoms with Crippen molar-refractivity contribution in [3.05, 3.63) is 12.7 Å². The first-order valence-corrected chi connectivity index (χ1v) is 4.11. The fourth-order valence-electron chi connectivity index (χ4n) is 0.862. The van der Waals surface area contributed by atoms with Crippen LogP contribution in [0.3, 0.4) is 0 Å². The number of Topliss-reactive ketones (excluding diaryl/α,β-unsaturated/α-hetero) is 1. The van der Waals surface area contributed by atoms with Crippen LogP contribution in [0.25, 0.3) is 0 Å². The van der Waals surface area contributed by atoms with Crippen molar-refractivity contribution in [3.63, 3.8) is 0 Å². The van der Waals surface area contributed by atoms with E-state index in [2.05, 4.69) is 6.58 Å². The molecular weight excluding hydrogens is 154 g/mol. The fraction of sp³-hybridized carbons (Fsp3) is 0.667. The highest BCUT2D eigenvalue weighted by Gasteiger charge is 2.27. The van der Waals surface area contributed by atoms with Crippen LogP contribution in [0.15, 0.2) is 12.7 Å². The molecule has 0 bridgehead atoms. The lowest BCUT2D eigenvalue weighted by molar-refractivity contribution is -0.141. The zero-order valence-corrected chi connectivity index (χ0v) is 7.80. The Bertz CT molecular complexity index is 164. The van der Waals surface area contributed by atoms with Crippen LogP contribution in [0.4, 0.5) is 0 Å². The Balaban J connectivity index is 3.96. The summed E-state index contributed by atoms with van der Waals surface area (Å²) >= 11 is 0. The summed E-state index contributed by atoms with van der Waals surface area (Å²) in [6.07, 6.45) is 2.75. The van der Waals surface area contributed by atoms with Crippen molar-refractivity contribution < 1.29 is 9.53 Å². The highest BCUT2D eigenvalue weighted by Crippen LogP contribution is 2.07. The molecule has 1 unspecified atom stereocenters. The fourth-order valence-corrected chi connectivity index (χ4v) is 0.862. The van der Waals surface area contributed by atoms with Crippen LogP contribution in [-0.4, -0.2) is 18.1 Å². The summed E-state index contributed by atoms with van der Waals surface area (Å²) in [5, 5.41) is 0. The molecule has 0 aliphatic heterocycles. The Kier molecular flexibility index (Phi) is 4.78. The zero-order valence-electron chi connectivity index (χ0n) is 7.80. The maximum atomic E-state index is 11.3. The monoisotopic (exact) mass is 171 g/mol. The number of nitrogens with two attached hydrogens (primary N) is 1. The SMILES string of the molecule is C=CCCC(=O)C(C)(N)OCC. The van der Waals surface area contributed by atoms with Crippen LogP contribution in [-0.2, 0) is 9.53 Å². The molecule has 0 rings (SSSR count). The first-order chi connectivity index (χ1) is 5.54. The summed E-state index contributed by atoms with van der Waals surface area (Å²) in [7, 11) is 0. The van der Waals surface area contributed by atoms with Gasteiger partial charge in [0.05, 0.1) is 0 Å². The molecule has 0 aliphatic carbocycles. The lowest BCUT2D eigenvalue weighted by atomic mass is 10.1. The molecule has 1 atom stereocenters. The van der Waals surface area contributed by atoms with Crippen molar-refractivity contribution in [1.82, 2.24) is 0 Å². The number of allylic oxidation sites excluding steroid dienone is 1. The van der Waals surface area contributed by atoms with E-state index in [-0.39, 0.29) is 5.78 Å². The molecule has 12 heavy (non-hydrogen) atoms. The first-order valence-electron chi connectivity index (χ1n) is 4.11. The van der Waals surface area contributed by atoms with Crippen LogP contribution >= 0.6 is 0 Å². The minimum absolute atomic E-state index is 0.0794. The van der Waals surface area contributed by atoms with E-state index in [0.717, 1.165) is 0 Å². The van der Waals surface area contributed by atoms with Crippen molar-refractivity contribution in [1.29, 1.82) is 0 Å². The number of ether oxygens (including phenoxy) is 1. The van der Waals surface area contributed by atoms with Gasteiger partial charge in [0.2, 0.25) is 0 Å². The molecule has 0 aromatic carbocycles. The molecule has 0 radical (unpaired) electrons. The van der Waals surface area contributed by atoms with E-state index in [9.17, 15) is 4.79 Å². The summed E-state index contributed by atoms with van der Waals surface area (Å²) in [5.41, 5.74) is 4.48. The lowest BCUT2D eigenvalue weighted by Crippen LogP contribution is -2.47. The van der Waals surface area contributed by atoms with E-state index < -0.39 is 5.72 Å². The largest absolute Gasteiger partial charge is 0.354 e. The lowest BCUT2D eigenvalue weighted by Gasteiger charge is -2.22. The average Bonchev–Trinajstić information content (AvgIpc) is 2.00. The number of carbonyl (C=O) groups excluding carboxylic acids is 1. The third-order valence-corrected chi connectivity index (χ3v) is 1.57. The number of carbonyl (C=O) groups is 1. The molecule has 3 nitrogen and oxygen atoms in total. The predicted octanol–water partition coefficient (Wildman–Crippen LogP) is 1.23. The molecule has 0 aliphatic rings. The van der Waals surface area contributed by atoms with Gasteiger partial charge in [0.15, 0.2) is 11.5 Å². The van der Waals surface area contributed by atoms with Gasteiger partial charge in [0.1, 0.15) is 0 Å². The molecule has 2 N–H and O–H groups in total. The van der Waals surface area contributed by atoms with Crippen LogP contribution in [0.1, 0.15) is 26.7 Å². The Morgan fingerprint density at radius 3 is 2.75 bits per heavy atom. The quantitative estimate of drug-likeness (QED) is 0.483. The summed E-state index contributed by atoms with van der Waals surface area (Å²) in [4.78, 5) is 11.3. The third-order valence-electron chi connectivity index (χ3n) is 1.57. The predicted molar refractivity (Wildman–Crippen MR) is 48.7 cm³/mol. The van der Waals surface area contributed by atoms with Crippen molar-refractivity contribution >= 4 is 5.78 Å². The highest BCUT2D eigenvalue weighted by atomic mass is 16.5. The van der Waals surface area contributed by atoms with E-state index in [1.807, 2.05) is 6.92 Å². The summed E-state index contributed by atoms with van der Waals surface area (Å²) in [6, 6.07) is 0. The second-order valence-corrected chi connectivity index (χ2v) is 2.79. The number of ketones is 1. The van der Waals surface area contributed by atoms with Crippen LogP contribution < -0.4 is 5.73 Å². The highest BCUT2D eigenvalue weighted by molar-refractivity contribution is 5.86. The Hall–Kier alpha value is -0.670.